The van der Waals surface area contributed by atoms with E-state index in [1.54, 1.807) is 20.9 Å². The number of hydrogen-bond donors (Lipinski definition) is 2. The molecule has 0 bridgehead atoms. The number of benzene rings is 4. The Morgan fingerprint density at radius 2 is 1.58 bits per heavy atom. The van der Waals surface area contributed by atoms with E-state index in [2.05, 4.69) is 88.4 Å². The van der Waals surface area contributed by atoms with Gasteiger partial charge in [0.15, 0.2) is 0 Å². The Balaban J connectivity index is 1.25. The predicted octanol–water partition coefficient (Wildman–Crippen LogP) is 7.08. The number of carbonyl (C=O) groups is 1. The van der Waals surface area contributed by atoms with Crippen molar-refractivity contribution in [1.29, 1.82) is 0 Å². The highest BCUT2D eigenvalue weighted by molar-refractivity contribution is 7.19. The Labute approximate surface area is 284 Å². The van der Waals surface area contributed by atoms with Gasteiger partial charge < -0.3 is 20.7 Å². The second kappa shape index (κ2) is 14.6. The molecule has 1 saturated heterocycles. The number of nitrogens with zero attached hydrogens (tertiary/aromatic N) is 5. The van der Waals surface area contributed by atoms with Gasteiger partial charge in [-0.1, -0.05) is 90.1 Å². The zero-order valence-electron chi connectivity index (χ0n) is 26.6. The number of amides is 2. The Hall–Kier alpha value is -5.32. The van der Waals surface area contributed by atoms with E-state index < -0.39 is 0 Å². The summed E-state index contributed by atoms with van der Waals surface area (Å²) in [4.78, 5) is 20.3. The molecule has 0 aliphatic carbocycles. The van der Waals surface area contributed by atoms with Gasteiger partial charge >= 0.3 is 6.03 Å². The van der Waals surface area contributed by atoms with E-state index in [1.807, 2.05) is 36.5 Å². The van der Waals surface area contributed by atoms with Crippen molar-refractivity contribution in [1.82, 2.24) is 30.2 Å². The number of thiazole rings is 1. The molecule has 1 fully saturated rings. The molecule has 6 aromatic rings. The lowest BCUT2D eigenvalue weighted by atomic mass is 10.0. The Morgan fingerprint density at radius 1 is 0.854 bits per heavy atom. The molecule has 0 spiro atoms. The lowest BCUT2D eigenvalue weighted by Gasteiger charge is -2.16. The van der Waals surface area contributed by atoms with Crippen LogP contribution in [0.3, 0.4) is 0 Å². The van der Waals surface area contributed by atoms with Crippen molar-refractivity contribution < 1.29 is 9.53 Å². The van der Waals surface area contributed by atoms with Crippen molar-refractivity contribution >= 4 is 17.4 Å². The number of nitrogens with two attached hydrogens (primary N) is 1. The van der Waals surface area contributed by atoms with Gasteiger partial charge in [0.1, 0.15) is 17.4 Å². The van der Waals surface area contributed by atoms with Crippen LogP contribution < -0.4 is 15.8 Å². The summed E-state index contributed by atoms with van der Waals surface area (Å²) in [6.45, 7) is 2.81. The number of aryl methyl sites for hydroxylation is 1. The summed E-state index contributed by atoms with van der Waals surface area (Å²) < 4.78 is 8.22. The van der Waals surface area contributed by atoms with Crippen LogP contribution in [-0.4, -0.2) is 63.7 Å². The highest BCUT2D eigenvalue weighted by atomic mass is 32.1. The van der Waals surface area contributed by atoms with Gasteiger partial charge in [0.25, 0.3) is 0 Å². The summed E-state index contributed by atoms with van der Waals surface area (Å²) in [6, 6.07) is 35.3. The fraction of sp³-hybridized carbons (Fsp3) is 0.211. The third kappa shape index (κ3) is 7.00. The average Bonchev–Trinajstić information content (AvgIpc) is 3.90. The van der Waals surface area contributed by atoms with Crippen LogP contribution in [0.2, 0.25) is 0 Å². The van der Waals surface area contributed by atoms with Gasteiger partial charge in [-0.2, -0.15) is 0 Å². The summed E-state index contributed by atoms with van der Waals surface area (Å²) in [5, 5.41) is 12.5. The highest BCUT2D eigenvalue weighted by Gasteiger charge is 2.22. The van der Waals surface area contributed by atoms with Gasteiger partial charge in [-0.3, -0.25) is 0 Å². The maximum absolute atomic E-state index is 12.2. The molecule has 48 heavy (non-hydrogen) atoms. The van der Waals surface area contributed by atoms with E-state index in [9.17, 15) is 4.79 Å². The molecule has 0 atom stereocenters. The minimum absolute atomic E-state index is 0.0623. The summed E-state index contributed by atoms with van der Waals surface area (Å²) in [7, 11) is 0. The maximum Gasteiger partial charge on any atom is 0.317 e. The van der Waals surface area contributed by atoms with Crippen LogP contribution in [0.4, 0.5) is 4.79 Å². The van der Waals surface area contributed by atoms with E-state index in [1.165, 1.54) is 5.56 Å². The molecule has 242 valence electrons. The first-order valence-electron chi connectivity index (χ1n) is 16.3. The molecule has 3 heterocycles. The van der Waals surface area contributed by atoms with Crippen molar-refractivity contribution in [3.8, 4) is 54.8 Å². The number of nitrogens with one attached hydrogen (secondary N) is 1. The molecule has 0 unspecified atom stereocenters. The number of carbonyl (C=O) groups excluding carboxylic acids is 1. The number of urea groups is 1. The van der Waals surface area contributed by atoms with E-state index >= 15 is 0 Å². The zero-order valence-corrected chi connectivity index (χ0v) is 27.4. The highest BCUT2D eigenvalue weighted by Crippen LogP contribution is 2.43. The molecule has 3 N–H and O–H groups in total. The molecule has 7 rings (SSSR count). The largest absolute Gasteiger partial charge is 0.491 e. The topological polar surface area (TPSA) is 111 Å². The van der Waals surface area contributed by atoms with Gasteiger partial charge in [0.05, 0.1) is 40.3 Å². The fourth-order valence-electron chi connectivity index (χ4n) is 5.80. The maximum atomic E-state index is 12.2. The number of aromatic nitrogens is 4. The minimum atomic E-state index is -0.0623. The van der Waals surface area contributed by atoms with Gasteiger partial charge in [-0.15, -0.1) is 16.4 Å². The molecule has 9 nitrogen and oxygen atoms in total. The van der Waals surface area contributed by atoms with Crippen molar-refractivity contribution in [2.45, 2.75) is 19.3 Å². The minimum Gasteiger partial charge on any atom is -0.491 e. The van der Waals surface area contributed by atoms with Crippen LogP contribution >= 0.6 is 11.3 Å². The summed E-state index contributed by atoms with van der Waals surface area (Å²) in [5.41, 5.74) is 13.7. The molecule has 1 aliphatic rings. The Bertz CT molecular complexity index is 1970. The van der Waals surface area contributed by atoms with Crippen molar-refractivity contribution in [2.24, 2.45) is 5.73 Å². The molecular formula is C38H37N7O2S. The van der Waals surface area contributed by atoms with E-state index in [0.29, 0.717) is 38.5 Å². The van der Waals surface area contributed by atoms with Crippen molar-refractivity contribution in [3.05, 3.63) is 115 Å². The standard InChI is InChI=1S/C38H37N7O2S/c39-20-8-7-13-31-26-45(43-42-31)32-18-19-33(34(25-32)47-24-23-44-22-21-40-38(44)46)37-41-35(36(48-37)30-11-5-2-6-12-30)29-16-14-28(15-17-29)27-9-3-1-4-10-27/h1-6,9-12,14-19,25-26H,7-8,13,20-24,39H2,(H,40,46). The van der Waals surface area contributed by atoms with Crippen LogP contribution in [-0.2, 0) is 6.42 Å². The molecule has 10 heteroatoms. The van der Waals surface area contributed by atoms with Crippen LogP contribution in [0, 0.1) is 0 Å². The number of ether oxygens (including phenoxy) is 1. The van der Waals surface area contributed by atoms with Gasteiger partial charge in [-0.25, -0.2) is 14.5 Å². The van der Waals surface area contributed by atoms with E-state index in [4.69, 9.17) is 15.5 Å². The molecule has 4 aromatic carbocycles. The third-order valence-corrected chi connectivity index (χ3v) is 9.52. The van der Waals surface area contributed by atoms with Crippen molar-refractivity contribution in [3.63, 3.8) is 0 Å². The quantitative estimate of drug-likeness (QED) is 0.129. The lowest BCUT2D eigenvalue weighted by Crippen LogP contribution is -2.31. The first kappa shape index (κ1) is 31.3. The van der Waals surface area contributed by atoms with Crippen LogP contribution in [0.15, 0.2) is 109 Å². The lowest BCUT2D eigenvalue weighted by molar-refractivity contribution is 0.203. The predicted molar refractivity (Wildman–Crippen MR) is 191 cm³/mol. The average molecular weight is 656 g/mol. The number of hydrogen-bond acceptors (Lipinski definition) is 7. The first-order valence-corrected chi connectivity index (χ1v) is 17.1. The fourth-order valence-corrected chi connectivity index (χ4v) is 6.92. The van der Waals surface area contributed by atoms with Gasteiger partial charge in [0, 0.05) is 24.7 Å². The van der Waals surface area contributed by atoms with Crippen LogP contribution in [0.25, 0.3) is 49.1 Å². The molecule has 0 radical (unpaired) electrons. The SMILES string of the molecule is NCCCCc1cn(-c2ccc(-c3nc(-c4ccc(-c5ccccc5)cc4)c(-c4ccccc4)s3)c(OCCN3CCNC3=O)c2)nn1. The van der Waals surface area contributed by atoms with E-state index in [-0.39, 0.29) is 6.03 Å². The summed E-state index contributed by atoms with van der Waals surface area (Å²) >= 11 is 1.64. The summed E-state index contributed by atoms with van der Waals surface area (Å²) in [6.07, 6.45) is 4.70. The van der Waals surface area contributed by atoms with Crippen LogP contribution in [0.1, 0.15) is 18.5 Å². The smallest absolute Gasteiger partial charge is 0.317 e. The van der Waals surface area contributed by atoms with Gasteiger partial charge in [-0.05, 0) is 54.6 Å². The monoisotopic (exact) mass is 655 g/mol. The molecule has 2 aromatic heterocycles. The van der Waals surface area contributed by atoms with E-state index in [0.717, 1.165) is 68.5 Å². The Morgan fingerprint density at radius 3 is 2.31 bits per heavy atom. The van der Waals surface area contributed by atoms with Gasteiger partial charge in [0.2, 0.25) is 0 Å². The second-order valence-electron chi connectivity index (χ2n) is 11.7. The third-order valence-electron chi connectivity index (χ3n) is 8.38. The van der Waals surface area contributed by atoms with Crippen molar-refractivity contribution in [2.75, 3.05) is 32.8 Å². The molecule has 0 saturated carbocycles. The van der Waals surface area contributed by atoms with Crippen LogP contribution in [0.5, 0.6) is 5.75 Å². The Kier molecular flexibility index (Phi) is 9.53. The second-order valence-corrected chi connectivity index (χ2v) is 12.7. The zero-order chi connectivity index (χ0) is 32.7. The molecular weight excluding hydrogens is 619 g/mol. The number of unbranched alkanes of at least 4 members (excludes halogenated alkanes) is 1. The molecule has 2 amide bonds. The normalized spacial score (nSPS) is 12.8. The number of rotatable bonds is 13. The first-order chi connectivity index (χ1) is 23.7. The molecule has 1 aliphatic heterocycles. The summed E-state index contributed by atoms with van der Waals surface area (Å²) in [5.74, 6) is 0.673.